The van der Waals surface area contributed by atoms with Gasteiger partial charge in [0.1, 0.15) is 5.82 Å². The third-order valence-corrected chi connectivity index (χ3v) is 4.68. The van der Waals surface area contributed by atoms with Crippen LogP contribution in [0.5, 0.6) is 0 Å². The third kappa shape index (κ3) is 6.58. The highest BCUT2D eigenvalue weighted by atomic mass is 19.1. The highest BCUT2D eigenvalue weighted by Gasteiger charge is 2.24. The molecule has 0 bridgehead atoms. The van der Waals surface area contributed by atoms with Crippen LogP contribution in [0.15, 0.2) is 30.3 Å². The minimum Gasteiger partial charge on any atom is -0.316 e. The second-order valence-corrected chi connectivity index (χ2v) is 6.07. The number of rotatable bonds is 4. The highest BCUT2D eigenvalue weighted by Crippen LogP contribution is 2.20. The summed E-state index contributed by atoms with van der Waals surface area (Å²) in [7, 11) is 2.27. The number of halogens is 1. The van der Waals surface area contributed by atoms with E-state index in [9.17, 15) is 4.39 Å². The summed E-state index contributed by atoms with van der Waals surface area (Å²) in [4.78, 5) is 2.54. The molecule has 1 aliphatic rings. The molecule has 1 fully saturated rings. The number of benzene rings is 1. The number of nitrogens with zero attached hydrogens (tertiary/aromatic N) is 1. The molecule has 2 nitrogen and oxygen atoms in total. The van der Waals surface area contributed by atoms with Gasteiger partial charge in [0, 0.05) is 12.1 Å². The van der Waals surface area contributed by atoms with E-state index in [1.807, 2.05) is 0 Å². The zero-order chi connectivity index (χ0) is 15.7. The van der Waals surface area contributed by atoms with Gasteiger partial charge in [-0.2, -0.15) is 0 Å². The molecular formula is C18H31FN2. The van der Waals surface area contributed by atoms with Crippen molar-refractivity contribution in [2.75, 3.05) is 20.1 Å². The number of nitrogens with one attached hydrogen (secondary N) is 1. The summed E-state index contributed by atoms with van der Waals surface area (Å²) >= 11 is 0. The Hall–Kier alpha value is -0.930. The van der Waals surface area contributed by atoms with Gasteiger partial charge in [-0.1, -0.05) is 25.1 Å². The van der Waals surface area contributed by atoms with Crippen molar-refractivity contribution >= 4 is 0 Å². The van der Waals surface area contributed by atoms with Gasteiger partial charge in [-0.25, -0.2) is 4.39 Å². The van der Waals surface area contributed by atoms with E-state index < -0.39 is 0 Å². The van der Waals surface area contributed by atoms with Gasteiger partial charge in [-0.05, 0) is 71.3 Å². The first kappa shape index (κ1) is 18.1. The van der Waals surface area contributed by atoms with Crippen LogP contribution >= 0.6 is 0 Å². The minimum absolute atomic E-state index is 0.178. The van der Waals surface area contributed by atoms with Crippen molar-refractivity contribution in [1.82, 2.24) is 10.2 Å². The van der Waals surface area contributed by atoms with Crippen molar-refractivity contribution < 1.29 is 4.39 Å². The minimum atomic E-state index is -0.178. The first-order valence-electron chi connectivity index (χ1n) is 8.19. The summed E-state index contributed by atoms with van der Waals surface area (Å²) in [6.45, 7) is 9.40. The molecule has 0 spiro atoms. The molecule has 3 atom stereocenters. The Bertz CT molecular complexity index is 361. The second kappa shape index (κ2) is 9.91. The van der Waals surface area contributed by atoms with Crippen LogP contribution < -0.4 is 5.32 Å². The van der Waals surface area contributed by atoms with Crippen molar-refractivity contribution in [1.29, 1.82) is 0 Å². The monoisotopic (exact) mass is 294 g/mol. The smallest absolute Gasteiger partial charge is 0.123 e. The molecule has 0 aliphatic carbocycles. The first-order chi connectivity index (χ1) is 10.1. The fraction of sp³-hybridized carbons (Fsp3) is 0.667. The normalized spacial score (nSPS) is 21.3. The number of piperidine rings is 1. The molecule has 3 heteroatoms. The standard InChI is InChI=1S/C12H26N2.C6H5F/c1-5-10(2)14(4)11(3)12-7-6-8-13-9-12;7-6-4-2-1-3-5-6/h10-13H,5-9H2,1-4H3;1-5H. The molecule has 0 saturated carbocycles. The molecule has 1 heterocycles. The Kier molecular flexibility index (Phi) is 8.55. The Balaban J connectivity index is 0.000000262. The lowest BCUT2D eigenvalue weighted by Crippen LogP contribution is -2.46. The van der Waals surface area contributed by atoms with Crippen molar-refractivity contribution in [2.24, 2.45) is 5.92 Å². The Labute approximate surface area is 129 Å². The molecule has 21 heavy (non-hydrogen) atoms. The van der Waals surface area contributed by atoms with Crippen LogP contribution in [0.2, 0.25) is 0 Å². The van der Waals surface area contributed by atoms with E-state index in [2.05, 4.69) is 38.0 Å². The summed E-state index contributed by atoms with van der Waals surface area (Å²) in [6.07, 6.45) is 4.00. The molecular weight excluding hydrogens is 263 g/mol. The van der Waals surface area contributed by atoms with Crippen LogP contribution in [0.4, 0.5) is 4.39 Å². The number of hydrogen-bond donors (Lipinski definition) is 1. The van der Waals surface area contributed by atoms with Gasteiger partial charge in [0.25, 0.3) is 0 Å². The summed E-state index contributed by atoms with van der Waals surface area (Å²) in [5.41, 5.74) is 0. The van der Waals surface area contributed by atoms with Crippen LogP contribution in [-0.4, -0.2) is 37.1 Å². The molecule has 1 saturated heterocycles. The van der Waals surface area contributed by atoms with Gasteiger partial charge in [-0.15, -0.1) is 0 Å². The topological polar surface area (TPSA) is 15.3 Å². The van der Waals surface area contributed by atoms with E-state index in [0.29, 0.717) is 6.04 Å². The predicted octanol–water partition coefficient (Wildman–Crippen LogP) is 3.93. The van der Waals surface area contributed by atoms with E-state index in [1.54, 1.807) is 18.2 Å². The fourth-order valence-corrected chi connectivity index (χ4v) is 2.73. The number of hydrogen-bond acceptors (Lipinski definition) is 2. The van der Waals surface area contributed by atoms with E-state index in [-0.39, 0.29) is 5.82 Å². The largest absolute Gasteiger partial charge is 0.316 e. The lowest BCUT2D eigenvalue weighted by molar-refractivity contribution is 0.125. The summed E-state index contributed by atoms with van der Waals surface area (Å²) < 4.78 is 11.9. The van der Waals surface area contributed by atoms with Gasteiger partial charge in [0.15, 0.2) is 0 Å². The molecule has 120 valence electrons. The maximum atomic E-state index is 11.9. The highest BCUT2D eigenvalue weighted by molar-refractivity contribution is 5.02. The van der Waals surface area contributed by atoms with E-state index >= 15 is 0 Å². The Morgan fingerprint density at radius 2 is 1.95 bits per heavy atom. The lowest BCUT2D eigenvalue weighted by atomic mass is 9.91. The Morgan fingerprint density at radius 3 is 2.38 bits per heavy atom. The Morgan fingerprint density at radius 1 is 1.29 bits per heavy atom. The fourth-order valence-electron chi connectivity index (χ4n) is 2.73. The molecule has 1 N–H and O–H groups in total. The average Bonchev–Trinajstić information content (AvgIpc) is 2.55. The van der Waals surface area contributed by atoms with Crippen LogP contribution in [0.25, 0.3) is 0 Å². The molecule has 0 aromatic heterocycles. The summed E-state index contributed by atoms with van der Waals surface area (Å²) in [5, 5.41) is 3.50. The summed E-state index contributed by atoms with van der Waals surface area (Å²) in [5.74, 6) is 0.672. The maximum absolute atomic E-state index is 11.9. The van der Waals surface area contributed by atoms with Crippen LogP contribution in [0.3, 0.4) is 0 Å². The van der Waals surface area contributed by atoms with Crippen LogP contribution in [0.1, 0.15) is 40.0 Å². The predicted molar refractivity (Wildman–Crippen MR) is 89.0 cm³/mol. The van der Waals surface area contributed by atoms with Gasteiger partial charge in [0.2, 0.25) is 0 Å². The second-order valence-electron chi connectivity index (χ2n) is 6.07. The van der Waals surface area contributed by atoms with Gasteiger partial charge < -0.3 is 10.2 Å². The van der Waals surface area contributed by atoms with Crippen molar-refractivity contribution in [3.63, 3.8) is 0 Å². The van der Waals surface area contributed by atoms with E-state index in [0.717, 1.165) is 12.0 Å². The van der Waals surface area contributed by atoms with E-state index in [4.69, 9.17) is 0 Å². The third-order valence-electron chi connectivity index (χ3n) is 4.68. The van der Waals surface area contributed by atoms with Crippen molar-refractivity contribution in [3.05, 3.63) is 36.1 Å². The molecule has 1 aliphatic heterocycles. The van der Waals surface area contributed by atoms with Crippen molar-refractivity contribution in [2.45, 2.75) is 52.1 Å². The molecule has 0 radical (unpaired) electrons. The molecule has 0 amide bonds. The van der Waals surface area contributed by atoms with Crippen LogP contribution in [0, 0.1) is 11.7 Å². The van der Waals surface area contributed by atoms with Gasteiger partial charge >= 0.3 is 0 Å². The SMILES string of the molecule is CCC(C)N(C)C(C)C1CCCNC1.Fc1ccccc1. The zero-order valence-electron chi connectivity index (χ0n) is 14.0. The summed E-state index contributed by atoms with van der Waals surface area (Å²) in [6, 6.07) is 9.37. The first-order valence-corrected chi connectivity index (χ1v) is 8.19. The lowest BCUT2D eigenvalue weighted by Gasteiger charge is -2.37. The van der Waals surface area contributed by atoms with Crippen LogP contribution in [-0.2, 0) is 0 Å². The quantitative estimate of drug-likeness (QED) is 0.905. The van der Waals surface area contributed by atoms with Crippen molar-refractivity contribution in [3.8, 4) is 0 Å². The van der Waals surface area contributed by atoms with Gasteiger partial charge in [-0.3, -0.25) is 0 Å². The molecule has 2 rings (SSSR count). The molecule has 1 aromatic carbocycles. The van der Waals surface area contributed by atoms with Gasteiger partial charge in [0.05, 0.1) is 0 Å². The maximum Gasteiger partial charge on any atom is 0.123 e. The molecule has 3 unspecified atom stereocenters. The van der Waals surface area contributed by atoms with E-state index in [1.165, 1.54) is 44.5 Å². The molecule has 1 aromatic rings. The zero-order valence-corrected chi connectivity index (χ0v) is 14.0. The average molecular weight is 294 g/mol.